The Morgan fingerprint density at radius 2 is 2.24 bits per heavy atom. The lowest BCUT2D eigenvalue weighted by molar-refractivity contribution is -0.384. The van der Waals surface area contributed by atoms with Gasteiger partial charge in [0.15, 0.2) is 0 Å². The largest absolute Gasteiger partial charge is 0.337 e. The highest BCUT2D eigenvalue weighted by molar-refractivity contribution is 8.00. The van der Waals surface area contributed by atoms with E-state index < -0.39 is 4.92 Å². The van der Waals surface area contributed by atoms with E-state index >= 15 is 0 Å². The second-order valence-corrected chi connectivity index (χ2v) is 6.89. The number of thioether (sulfide) groups is 1. The Morgan fingerprint density at radius 3 is 2.86 bits per heavy atom. The molecule has 0 aliphatic carbocycles. The molecule has 0 N–H and O–H groups in total. The molecule has 114 valence electrons. The molecule has 1 amide bonds. The monoisotopic (exact) mass is 348 g/mol. The molecular formula is C13H14Cl2N2O3S. The molecule has 0 saturated carbocycles. The molecule has 1 heterocycles. The second kappa shape index (κ2) is 6.85. The minimum atomic E-state index is -0.583. The molecule has 0 radical (unpaired) electrons. The van der Waals surface area contributed by atoms with Crippen molar-refractivity contribution in [1.29, 1.82) is 0 Å². The first-order valence-electron chi connectivity index (χ1n) is 6.48. The minimum Gasteiger partial charge on any atom is -0.337 e. The molecule has 1 fully saturated rings. The molecule has 0 aromatic heterocycles. The number of hydrogen-bond donors (Lipinski definition) is 0. The molecule has 5 nitrogen and oxygen atoms in total. The van der Waals surface area contributed by atoms with E-state index in [1.165, 1.54) is 6.07 Å². The van der Waals surface area contributed by atoms with Crippen LogP contribution in [-0.4, -0.2) is 39.8 Å². The summed E-state index contributed by atoms with van der Waals surface area (Å²) >= 11 is 13.8. The standard InChI is InChI=1S/C13H14Cl2N2O3S/c1-2-9-7-16(3-4-21-9)13(18)10-5-8(17(19)20)6-11(14)12(10)15/h5-6,9H,2-4,7H2,1H3. The number of nitro groups is 1. The van der Waals surface area contributed by atoms with Gasteiger partial charge in [0.05, 0.1) is 20.5 Å². The SMILES string of the molecule is CCC1CN(C(=O)c2cc([N+](=O)[O-])cc(Cl)c2Cl)CCS1. The van der Waals surface area contributed by atoms with Gasteiger partial charge in [-0.3, -0.25) is 14.9 Å². The van der Waals surface area contributed by atoms with E-state index in [9.17, 15) is 14.9 Å². The van der Waals surface area contributed by atoms with Gasteiger partial charge in [0.25, 0.3) is 11.6 Å². The first kappa shape index (κ1) is 16.4. The van der Waals surface area contributed by atoms with E-state index in [4.69, 9.17) is 23.2 Å². The first-order valence-corrected chi connectivity index (χ1v) is 8.28. The van der Waals surface area contributed by atoms with Crippen LogP contribution in [0.5, 0.6) is 0 Å². The maximum atomic E-state index is 12.6. The summed E-state index contributed by atoms with van der Waals surface area (Å²) in [6.07, 6.45) is 0.970. The zero-order valence-corrected chi connectivity index (χ0v) is 13.7. The highest BCUT2D eigenvalue weighted by atomic mass is 35.5. The fraction of sp³-hybridized carbons (Fsp3) is 0.462. The summed E-state index contributed by atoms with van der Waals surface area (Å²) in [6, 6.07) is 2.35. The van der Waals surface area contributed by atoms with Crippen LogP contribution in [0.4, 0.5) is 5.69 Å². The lowest BCUT2D eigenvalue weighted by Crippen LogP contribution is -2.41. The summed E-state index contributed by atoms with van der Waals surface area (Å²) in [5.74, 6) is 0.550. The normalized spacial score (nSPS) is 18.6. The van der Waals surface area contributed by atoms with Gasteiger partial charge in [0.1, 0.15) is 0 Å². The van der Waals surface area contributed by atoms with Crippen molar-refractivity contribution in [2.75, 3.05) is 18.8 Å². The van der Waals surface area contributed by atoms with Crippen LogP contribution in [0.15, 0.2) is 12.1 Å². The first-order chi connectivity index (χ1) is 9.93. The van der Waals surface area contributed by atoms with Crippen molar-refractivity contribution in [2.45, 2.75) is 18.6 Å². The van der Waals surface area contributed by atoms with E-state index in [1.807, 2.05) is 11.8 Å². The number of carbonyl (C=O) groups excluding carboxylic acids is 1. The van der Waals surface area contributed by atoms with Crippen molar-refractivity contribution in [3.05, 3.63) is 37.9 Å². The molecule has 8 heteroatoms. The van der Waals surface area contributed by atoms with Gasteiger partial charge in [-0.1, -0.05) is 30.1 Å². The van der Waals surface area contributed by atoms with Crippen LogP contribution in [0.2, 0.25) is 10.0 Å². The van der Waals surface area contributed by atoms with Crippen molar-refractivity contribution >= 4 is 46.6 Å². The summed E-state index contributed by atoms with van der Waals surface area (Å²) < 4.78 is 0. The number of amides is 1. The third-order valence-corrected chi connectivity index (χ3v) is 5.51. The third-order valence-electron chi connectivity index (χ3n) is 3.34. The molecule has 1 unspecified atom stereocenters. The van der Waals surface area contributed by atoms with Crippen molar-refractivity contribution < 1.29 is 9.72 Å². The Kier molecular flexibility index (Phi) is 5.35. The highest BCUT2D eigenvalue weighted by Gasteiger charge is 2.27. The van der Waals surface area contributed by atoms with Crippen molar-refractivity contribution in [3.63, 3.8) is 0 Å². The molecule has 1 saturated heterocycles. The number of halogens is 2. The number of non-ortho nitro benzene ring substituents is 1. The quantitative estimate of drug-likeness (QED) is 0.614. The smallest absolute Gasteiger partial charge is 0.271 e. The summed E-state index contributed by atoms with van der Waals surface area (Å²) in [6.45, 7) is 3.30. The van der Waals surface area contributed by atoms with Crippen LogP contribution >= 0.6 is 35.0 Å². The fourth-order valence-electron chi connectivity index (χ4n) is 2.16. The van der Waals surface area contributed by atoms with Gasteiger partial charge in [-0.05, 0) is 6.42 Å². The lowest BCUT2D eigenvalue weighted by Gasteiger charge is -2.32. The highest BCUT2D eigenvalue weighted by Crippen LogP contribution is 2.32. The second-order valence-electron chi connectivity index (χ2n) is 4.70. The third kappa shape index (κ3) is 3.62. The minimum absolute atomic E-state index is 0.0210. The van der Waals surface area contributed by atoms with Gasteiger partial charge in [-0.15, -0.1) is 0 Å². The van der Waals surface area contributed by atoms with Gasteiger partial charge in [-0.25, -0.2) is 0 Å². The summed E-state index contributed by atoms with van der Waals surface area (Å²) in [5, 5.41) is 11.4. The van der Waals surface area contributed by atoms with E-state index in [-0.39, 0.29) is 27.2 Å². The van der Waals surface area contributed by atoms with Crippen LogP contribution in [0.25, 0.3) is 0 Å². The summed E-state index contributed by atoms with van der Waals surface area (Å²) in [4.78, 5) is 24.6. The Hall–Kier alpha value is -0.980. The Labute approximate surface area is 136 Å². The predicted octanol–water partition coefficient (Wildman–Crippen LogP) is 3.87. The van der Waals surface area contributed by atoms with Gasteiger partial charge in [-0.2, -0.15) is 11.8 Å². The molecule has 1 aliphatic heterocycles. The Morgan fingerprint density at radius 1 is 1.52 bits per heavy atom. The molecule has 1 aromatic carbocycles. The number of carbonyl (C=O) groups is 1. The van der Waals surface area contributed by atoms with Crippen LogP contribution < -0.4 is 0 Å². The average molecular weight is 349 g/mol. The van der Waals surface area contributed by atoms with E-state index in [0.717, 1.165) is 18.2 Å². The van der Waals surface area contributed by atoms with E-state index in [0.29, 0.717) is 18.3 Å². The molecule has 1 aliphatic rings. The van der Waals surface area contributed by atoms with Crippen molar-refractivity contribution in [2.24, 2.45) is 0 Å². The average Bonchev–Trinajstić information content (AvgIpc) is 2.49. The lowest BCUT2D eigenvalue weighted by atomic mass is 10.1. The molecule has 0 spiro atoms. The van der Waals surface area contributed by atoms with Gasteiger partial charge < -0.3 is 4.90 Å². The summed E-state index contributed by atoms with van der Waals surface area (Å²) in [7, 11) is 0. The number of benzene rings is 1. The van der Waals surface area contributed by atoms with Crippen LogP contribution in [0.1, 0.15) is 23.7 Å². The number of hydrogen-bond acceptors (Lipinski definition) is 4. The molecular weight excluding hydrogens is 335 g/mol. The maximum absolute atomic E-state index is 12.6. The predicted molar refractivity (Wildman–Crippen MR) is 85.6 cm³/mol. The van der Waals surface area contributed by atoms with Crippen LogP contribution in [0, 0.1) is 10.1 Å². The van der Waals surface area contributed by atoms with Crippen molar-refractivity contribution in [1.82, 2.24) is 4.90 Å². The van der Waals surface area contributed by atoms with Gasteiger partial charge in [0, 0.05) is 36.2 Å². The maximum Gasteiger partial charge on any atom is 0.271 e. The molecule has 2 rings (SSSR count). The van der Waals surface area contributed by atoms with Gasteiger partial charge in [0.2, 0.25) is 0 Å². The summed E-state index contributed by atoms with van der Waals surface area (Å²) in [5.41, 5.74) is -0.135. The Bertz CT molecular complexity index is 583. The van der Waals surface area contributed by atoms with Gasteiger partial charge >= 0.3 is 0 Å². The molecule has 21 heavy (non-hydrogen) atoms. The molecule has 0 bridgehead atoms. The zero-order chi connectivity index (χ0) is 15.6. The van der Waals surface area contributed by atoms with E-state index in [1.54, 1.807) is 4.90 Å². The topological polar surface area (TPSA) is 63.5 Å². The molecule has 1 aromatic rings. The number of nitrogens with zero attached hydrogens (tertiary/aromatic N) is 2. The zero-order valence-electron chi connectivity index (χ0n) is 11.3. The van der Waals surface area contributed by atoms with E-state index in [2.05, 4.69) is 6.92 Å². The Balaban J connectivity index is 2.32. The number of nitro benzene ring substituents is 1. The number of rotatable bonds is 3. The van der Waals surface area contributed by atoms with Crippen LogP contribution in [0.3, 0.4) is 0 Å². The molecule has 1 atom stereocenters. The fourth-order valence-corrected chi connectivity index (χ4v) is 3.74. The van der Waals surface area contributed by atoms with Crippen LogP contribution in [-0.2, 0) is 0 Å². The van der Waals surface area contributed by atoms with Crippen molar-refractivity contribution in [3.8, 4) is 0 Å².